The summed E-state index contributed by atoms with van der Waals surface area (Å²) >= 11 is 1.49. The van der Waals surface area contributed by atoms with Gasteiger partial charge in [0.1, 0.15) is 5.82 Å². The predicted octanol–water partition coefficient (Wildman–Crippen LogP) is 4.12. The minimum absolute atomic E-state index is 0.112. The van der Waals surface area contributed by atoms with Crippen molar-refractivity contribution in [2.45, 2.75) is 17.6 Å². The molecular weight excluding hydrogens is 263 g/mol. The Morgan fingerprint density at radius 3 is 2.74 bits per heavy atom. The molecule has 2 aromatic carbocycles. The van der Waals surface area contributed by atoms with Crippen LogP contribution in [0.1, 0.15) is 21.5 Å². The first-order valence-corrected chi connectivity index (χ1v) is 6.76. The highest BCUT2D eigenvalue weighted by Crippen LogP contribution is 2.25. The van der Waals surface area contributed by atoms with Gasteiger partial charge in [-0.25, -0.2) is 9.18 Å². The van der Waals surface area contributed by atoms with Crippen LogP contribution in [0.15, 0.2) is 47.4 Å². The van der Waals surface area contributed by atoms with E-state index in [4.69, 9.17) is 5.11 Å². The van der Waals surface area contributed by atoms with E-state index in [1.807, 2.05) is 31.2 Å². The number of carbonyl (C=O) groups is 1. The Morgan fingerprint density at radius 2 is 2.05 bits per heavy atom. The van der Waals surface area contributed by atoms with Gasteiger partial charge in [-0.2, -0.15) is 0 Å². The summed E-state index contributed by atoms with van der Waals surface area (Å²) in [6, 6.07) is 11.8. The summed E-state index contributed by atoms with van der Waals surface area (Å²) in [5.41, 5.74) is 1.66. The third-order valence-corrected chi connectivity index (χ3v) is 3.72. The van der Waals surface area contributed by atoms with Crippen LogP contribution in [0.2, 0.25) is 0 Å². The number of thioether (sulfide) groups is 1. The van der Waals surface area contributed by atoms with Crippen LogP contribution in [0.25, 0.3) is 0 Å². The second-order valence-electron chi connectivity index (χ2n) is 4.22. The molecule has 98 valence electrons. The highest BCUT2D eigenvalue weighted by atomic mass is 32.2. The molecule has 0 aliphatic rings. The van der Waals surface area contributed by atoms with E-state index < -0.39 is 5.97 Å². The summed E-state index contributed by atoms with van der Waals surface area (Å²) in [6.45, 7) is 2.00. The van der Waals surface area contributed by atoms with Crippen molar-refractivity contribution in [3.63, 3.8) is 0 Å². The molecule has 0 saturated carbocycles. The van der Waals surface area contributed by atoms with Crippen LogP contribution < -0.4 is 0 Å². The molecule has 0 saturated heterocycles. The Balaban J connectivity index is 2.15. The first-order valence-electron chi connectivity index (χ1n) is 5.77. The smallest absolute Gasteiger partial charge is 0.335 e. The number of hydrogen-bond donors (Lipinski definition) is 1. The van der Waals surface area contributed by atoms with Crippen LogP contribution >= 0.6 is 11.8 Å². The molecule has 0 heterocycles. The van der Waals surface area contributed by atoms with Crippen molar-refractivity contribution >= 4 is 17.7 Å². The maximum Gasteiger partial charge on any atom is 0.335 e. The molecule has 0 amide bonds. The number of aryl methyl sites for hydroxylation is 1. The predicted molar refractivity (Wildman–Crippen MR) is 74.1 cm³/mol. The van der Waals surface area contributed by atoms with Gasteiger partial charge in [-0.3, -0.25) is 0 Å². The zero-order valence-corrected chi connectivity index (χ0v) is 11.2. The van der Waals surface area contributed by atoms with Gasteiger partial charge in [0, 0.05) is 10.6 Å². The van der Waals surface area contributed by atoms with E-state index in [2.05, 4.69) is 0 Å². The largest absolute Gasteiger partial charge is 0.478 e. The molecule has 0 radical (unpaired) electrons. The first kappa shape index (κ1) is 13.6. The number of benzene rings is 2. The highest BCUT2D eigenvalue weighted by molar-refractivity contribution is 7.98. The normalized spacial score (nSPS) is 10.4. The third-order valence-electron chi connectivity index (χ3n) is 2.68. The minimum atomic E-state index is -1.04. The van der Waals surface area contributed by atoms with Gasteiger partial charge < -0.3 is 5.11 Å². The number of rotatable bonds is 4. The van der Waals surface area contributed by atoms with E-state index in [0.717, 1.165) is 10.5 Å². The molecule has 2 rings (SSSR count). The number of aromatic carboxylic acids is 1. The van der Waals surface area contributed by atoms with Gasteiger partial charge in [-0.05, 0) is 42.8 Å². The molecule has 0 atom stereocenters. The lowest BCUT2D eigenvalue weighted by Gasteiger charge is -2.05. The van der Waals surface area contributed by atoms with Gasteiger partial charge in [0.25, 0.3) is 0 Å². The maximum atomic E-state index is 13.6. The first-order chi connectivity index (χ1) is 9.06. The molecule has 0 aliphatic heterocycles. The summed E-state index contributed by atoms with van der Waals surface area (Å²) in [5, 5.41) is 8.89. The molecule has 19 heavy (non-hydrogen) atoms. The SMILES string of the molecule is Cc1cccc(SCc2cc(C(=O)O)ccc2F)c1. The molecule has 0 aliphatic carbocycles. The van der Waals surface area contributed by atoms with E-state index >= 15 is 0 Å². The second-order valence-corrected chi connectivity index (χ2v) is 5.27. The van der Waals surface area contributed by atoms with Crippen LogP contribution in [-0.4, -0.2) is 11.1 Å². The fraction of sp³-hybridized carbons (Fsp3) is 0.133. The monoisotopic (exact) mass is 276 g/mol. The molecular formula is C15H13FO2S. The van der Waals surface area contributed by atoms with Crippen LogP contribution in [-0.2, 0) is 5.75 Å². The number of carboxylic acids is 1. The van der Waals surface area contributed by atoms with Crippen molar-refractivity contribution in [2.24, 2.45) is 0 Å². The highest BCUT2D eigenvalue weighted by Gasteiger charge is 2.08. The number of halogens is 1. The van der Waals surface area contributed by atoms with Gasteiger partial charge in [0.15, 0.2) is 0 Å². The average Bonchev–Trinajstić information content (AvgIpc) is 2.37. The van der Waals surface area contributed by atoms with Crippen molar-refractivity contribution in [1.82, 2.24) is 0 Å². The topological polar surface area (TPSA) is 37.3 Å². The zero-order chi connectivity index (χ0) is 13.8. The summed E-state index contributed by atoms with van der Waals surface area (Å²) in [4.78, 5) is 11.9. The Hall–Kier alpha value is -1.81. The van der Waals surface area contributed by atoms with Gasteiger partial charge in [-0.15, -0.1) is 11.8 Å². The zero-order valence-electron chi connectivity index (χ0n) is 10.4. The molecule has 2 nitrogen and oxygen atoms in total. The van der Waals surface area contributed by atoms with E-state index in [1.54, 1.807) is 0 Å². The average molecular weight is 276 g/mol. The Kier molecular flexibility index (Phi) is 4.22. The van der Waals surface area contributed by atoms with E-state index in [9.17, 15) is 9.18 Å². The Bertz CT molecular complexity index is 611. The molecule has 4 heteroatoms. The molecule has 0 fully saturated rings. The van der Waals surface area contributed by atoms with Gasteiger partial charge >= 0.3 is 5.97 Å². The summed E-state index contributed by atoms with van der Waals surface area (Å²) in [7, 11) is 0. The Morgan fingerprint density at radius 1 is 1.26 bits per heavy atom. The molecule has 0 bridgehead atoms. The third kappa shape index (κ3) is 3.58. The van der Waals surface area contributed by atoms with Crippen molar-refractivity contribution < 1.29 is 14.3 Å². The lowest BCUT2D eigenvalue weighted by molar-refractivity contribution is 0.0696. The summed E-state index contributed by atoms with van der Waals surface area (Å²) in [6.07, 6.45) is 0. The summed E-state index contributed by atoms with van der Waals surface area (Å²) < 4.78 is 13.6. The molecule has 0 unspecified atom stereocenters. The van der Waals surface area contributed by atoms with Crippen molar-refractivity contribution in [2.75, 3.05) is 0 Å². The fourth-order valence-corrected chi connectivity index (χ4v) is 2.67. The van der Waals surface area contributed by atoms with E-state index in [-0.39, 0.29) is 11.4 Å². The molecule has 0 spiro atoms. The van der Waals surface area contributed by atoms with Crippen LogP contribution in [0.5, 0.6) is 0 Å². The standard InChI is InChI=1S/C15H13FO2S/c1-10-3-2-4-13(7-10)19-9-12-8-11(15(17)18)5-6-14(12)16/h2-8H,9H2,1H3,(H,17,18). The fourth-order valence-electron chi connectivity index (χ4n) is 1.68. The van der Waals surface area contributed by atoms with Crippen LogP contribution in [0.4, 0.5) is 4.39 Å². The number of hydrogen-bond acceptors (Lipinski definition) is 2. The lowest BCUT2D eigenvalue weighted by atomic mass is 10.1. The lowest BCUT2D eigenvalue weighted by Crippen LogP contribution is -1.99. The Labute approximate surface area is 115 Å². The van der Waals surface area contributed by atoms with Crippen molar-refractivity contribution in [3.05, 3.63) is 65.0 Å². The minimum Gasteiger partial charge on any atom is -0.478 e. The maximum absolute atomic E-state index is 13.6. The van der Waals surface area contributed by atoms with E-state index in [0.29, 0.717) is 11.3 Å². The summed E-state index contributed by atoms with van der Waals surface area (Å²) in [5.74, 6) is -0.997. The van der Waals surface area contributed by atoms with Gasteiger partial charge in [0.05, 0.1) is 5.56 Å². The quantitative estimate of drug-likeness (QED) is 0.853. The van der Waals surface area contributed by atoms with Crippen LogP contribution in [0, 0.1) is 12.7 Å². The number of carboxylic acid groups (broad SMARTS) is 1. The molecule has 2 aromatic rings. The molecule has 1 N–H and O–H groups in total. The second kappa shape index (κ2) is 5.89. The van der Waals surface area contributed by atoms with Crippen LogP contribution in [0.3, 0.4) is 0 Å². The van der Waals surface area contributed by atoms with Crippen molar-refractivity contribution in [3.8, 4) is 0 Å². The van der Waals surface area contributed by atoms with Crippen molar-refractivity contribution in [1.29, 1.82) is 0 Å². The van der Waals surface area contributed by atoms with Gasteiger partial charge in [0.2, 0.25) is 0 Å². The molecule has 0 aromatic heterocycles. The van der Waals surface area contributed by atoms with E-state index in [1.165, 1.54) is 30.0 Å². The van der Waals surface area contributed by atoms with Gasteiger partial charge in [-0.1, -0.05) is 17.7 Å².